The second kappa shape index (κ2) is 18.3. The van der Waals surface area contributed by atoms with E-state index in [1.54, 1.807) is 0 Å². The summed E-state index contributed by atoms with van der Waals surface area (Å²) in [4.78, 5) is 25.6. The van der Waals surface area contributed by atoms with Gasteiger partial charge in [-0.05, 0) is 0 Å². The molecule has 0 unspecified atom stereocenters. The molecule has 0 aromatic carbocycles. The Morgan fingerprint density at radius 1 is 0.615 bits per heavy atom. The zero-order valence-corrected chi connectivity index (χ0v) is 19.3. The molecule has 0 saturated carbocycles. The number of rotatable bonds is 0. The fraction of sp³-hybridized carbons (Fsp3) is 0.800. The highest BCUT2D eigenvalue weighted by molar-refractivity contribution is 7.40. The van der Waals surface area contributed by atoms with Crippen LogP contribution >= 0.6 is 7.82 Å². The fourth-order valence-electron chi connectivity index (χ4n) is 0.671. The first kappa shape index (κ1) is 32.2. The zero-order valence-electron chi connectivity index (χ0n) is 18.4. The van der Waals surface area contributed by atoms with Crippen LogP contribution in [-0.2, 0) is 4.57 Å². The second-order valence-electron chi connectivity index (χ2n) is 5.64. The molecule has 0 aliphatic carbocycles. The number of amidine groups is 3. The van der Waals surface area contributed by atoms with Gasteiger partial charge in [-0.3, -0.25) is 29.7 Å². The van der Waals surface area contributed by atoms with E-state index >= 15 is 0 Å². The van der Waals surface area contributed by atoms with Crippen LogP contribution in [0.5, 0.6) is 0 Å². The third-order valence-electron chi connectivity index (χ3n) is 3.10. The molecule has 0 heterocycles. The van der Waals surface area contributed by atoms with Gasteiger partial charge >= 0.3 is 0 Å². The smallest absolute Gasteiger partial charge is 0.240 e. The third kappa shape index (κ3) is 38.2. The van der Waals surface area contributed by atoms with Crippen molar-refractivity contribution in [2.45, 2.75) is 20.8 Å². The number of hydrogen-bond donors (Lipinski definition) is 3. The summed E-state index contributed by atoms with van der Waals surface area (Å²) >= 11 is 0. The molecular formula is C15H39N6O4P. The molecule has 0 saturated heterocycles. The fourth-order valence-corrected chi connectivity index (χ4v) is 0.671. The van der Waals surface area contributed by atoms with E-state index in [-0.39, 0.29) is 0 Å². The maximum absolute atomic E-state index is 8.55. The molecule has 10 nitrogen and oxygen atoms in total. The quantitative estimate of drug-likeness (QED) is 0.170. The van der Waals surface area contributed by atoms with E-state index in [0.717, 1.165) is 0 Å². The Bertz CT molecular complexity index is 435. The zero-order chi connectivity index (χ0) is 22.1. The predicted molar refractivity (Wildman–Crippen MR) is 103 cm³/mol. The average molecular weight is 398 g/mol. The van der Waals surface area contributed by atoms with Gasteiger partial charge in [-0.25, -0.2) is 0 Å². The van der Waals surface area contributed by atoms with Crippen LogP contribution in [0.2, 0.25) is 0 Å². The van der Waals surface area contributed by atoms with Gasteiger partial charge in [0.1, 0.15) is 0 Å². The number of phosphoric acid groups is 1. The summed E-state index contributed by atoms with van der Waals surface area (Å²) in [5, 5.41) is 9.02. The van der Waals surface area contributed by atoms with Crippen molar-refractivity contribution in [1.82, 2.24) is 16.0 Å². The predicted octanol–water partition coefficient (Wildman–Crippen LogP) is -3.14. The molecule has 26 heavy (non-hydrogen) atoms. The van der Waals surface area contributed by atoms with Crippen molar-refractivity contribution in [3.05, 3.63) is 0 Å². The van der Waals surface area contributed by atoms with Crippen molar-refractivity contribution in [3.63, 3.8) is 0 Å². The minimum absolute atomic E-state index is 1.18. The number of hydrogen-bond acceptors (Lipinski definition) is 4. The second-order valence-corrected chi connectivity index (χ2v) is 6.53. The van der Waals surface area contributed by atoms with E-state index in [4.69, 9.17) is 19.2 Å². The molecule has 0 bridgehead atoms. The third-order valence-corrected chi connectivity index (χ3v) is 3.10. The Morgan fingerprint density at radius 3 is 0.731 bits per heavy atom. The monoisotopic (exact) mass is 398 g/mol. The molecule has 0 spiro atoms. The van der Waals surface area contributed by atoms with E-state index in [2.05, 4.69) is 16.0 Å². The summed E-state index contributed by atoms with van der Waals surface area (Å²) < 4.78 is 14.6. The topological polar surface area (TPSA) is 131 Å². The summed E-state index contributed by atoms with van der Waals surface area (Å²) in [5.41, 5.74) is 0. The van der Waals surface area contributed by atoms with Crippen LogP contribution in [0.4, 0.5) is 0 Å². The lowest BCUT2D eigenvalue weighted by molar-refractivity contribution is -0.467. The van der Waals surface area contributed by atoms with Crippen LogP contribution < -0.4 is 30.6 Å². The SMILES string of the molecule is CNC(C)=[N+](C)C.CNC(C)=[N+](C)C.CNC(C)=[N+](C)C.O=P([O-])([O-])[O-]. The van der Waals surface area contributed by atoms with E-state index in [9.17, 15) is 0 Å². The maximum atomic E-state index is 8.55. The highest BCUT2D eigenvalue weighted by Crippen LogP contribution is 2.03. The van der Waals surface area contributed by atoms with Gasteiger partial charge in [0.2, 0.25) is 17.5 Å². The van der Waals surface area contributed by atoms with E-state index in [1.165, 1.54) is 17.5 Å². The molecule has 0 aromatic rings. The van der Waals surface area contributed by atoms with E-state index < -0.39 is 7.82 Å². The largest absolute Gasteiger partial charge is 0.822 e. The van der Waals surface area contributed by atoms with E-state index in [1.807, 2.05) is 97.9 Å². The normalized spacial score (nSPS) is 8.73. The van der Waals surface area contributed by atoms with Gasteiger partial charge in [-0.2, -0.15) is 7.82 Å². The first-order valence-electron chi connectivity index (χ1n) is 7.83. The number of nitrogens with one attached hydrogen (secondary N) is 3. The molecular weight excluding hydrogens is 359 g/mol. The molecule has 11 heteroatoms. The van der Waals surface area contributed by atoms with E-state index in [0.29, 0.717) is 0 Å². The molecule has 0 aliphatic heterocycles. The summed E-state index contributed by atoms with van der Waals surface area (Å²) in [6, 6.07) is 0. The van der Waals surface area contributed by atoms with Crippen molar-refractivity contribution in [3.8, 4) is 0 Å². The minimum atomic E-state index is -5.39. The van der Waals surface area contributed by atoms with Crippen LogP contribution in [0.3, 0.4) is 0 Å². The van der Waals surface area contributed by atoms with Gasteiger partial charge < -0.3 is 19.2 Å². The molecule has 0 aromatic heterocycles. The van der Waals surface area contributed by atoms with Crippen LogP contribution in [0, 0.1) is 0 Å². The average Bonchev–Trinajstić information content (AvgIpc) is 2.51. The molecule has 0 aliphatic rings. The maximum Gasteiger partial charge on any atom is 0.240 e. The summed E-state index contributed by atoms with van der Waals surface area (Å²) in [5.74, 6) is 3.54. The highest BCUT2D eigenvalue weighted by Gasteiger charge is 1.90. The highest BCUT2D eigenvalue weighted by atomic mass is 31.2. The number of nitrogens with zero attached hydrogens (tertiary/aromatic N) is 3. The van der Waals surface area contributed by atoms with Gasteiger partial charge in [0.05, 0.1) is 63.4 Å². The lowest BCUT2D eigenvalue weighted by Gasteiger charge is -2.36. The molecule has 3 N–H and O–H groups in total. The first-order chi connectivity index (χ1) is 11.5. The van der Waals surface area contributed by atoms with Crippen LogP contribution in [0.1, 0.15) is 20.8 Å². The van der Waals surface area contributed by atoms with Crippen molar-refractivity contribution < 1.29 is 33.0 Å². The lowest BCUT2D eigenvalue weighted by Crippen LogP contribution is -2.24. The Morgan fingerprint density at radius 2 is 0.731 bits per heavy atom. The first-order valence-corrected chi connectivity index (χ1v) is 9.29. The lowest BCUT2D eigenvalue weighted by atomic mass is 10.6. The standard InChI is InChI=1S/3C5H12N2.H3O4P/c3*1-5(6-2)7(3)4;1-5(2,3)4/h3*1-4H3;(H3,1,2,3,4). The Balaban J connectivity index is -0.000000125. The van der Waals surface area contributed by atoms with Crippen molar-refractivity contribution in [1.29, 1.82) is 0 Å². The molecule has 0 fully saturated rings. The van der Waals surface area contributed by atoms with Gasteiger partial charge in [-0.1, -0.05) is 0 Å². The summed E-state index contributed by atoms with van der Waals surface area (Å²) in [6.45, 7) is 6.08. The summed E-state index contributed by atoms with van der Waals surface area (Å²) in [7, 11) is 12.4. The molecule has 0 amide bonds. The Kier molecular flexibility index (Phi) is 22.7. The Labute approximate surface area is 159 Å². The minimum Gasteiger partial charge on any atom is -0.822 e. The van der Waals surface area contributed by atoms with Crippen LogP contribution in [0.25, 0.3) is 0 Å². The van der Waals surface area contributed by atoms with Gasteiger partial charge in [0, 0.05) is 20.8 Å². The van der Waals surface area contributed by atoms with Gasteiger partial charge in [0.15, 0.2) is 0 Å². The van der Waals surface area contributed by atoms with Crippen molar-refractivity contribution in [2.75, 3.05) is 63.4 Å². The molecule has 0 atom stereocenters. The van der Waals surface area contributed by atoms with Crippen LogP contribution in [0.15, 0.2) is 0 Å². The van der Waals surface area contributed by atoms with Gasteiger partial charge in [0.25, 0.3) is 0 Å². The molecule has 158 valence electrons. The van der Waals surface area contributed by atoms with Crippen LogP contribution in [-0.4, -0.2) is 94.7 Å². The van der Waals surface area contributed by atoms with Crippen molar-refractivity contribution >= 4 is 25.3 Å². The van der Waals surface area contributed by atoms with Crippen molar-refractivity contribution in [2.24, 2.45) is 0 Å². The molecule has 0 rings (SSSR count). The Hall–Kier alpha value is -1.48. The summed E-state index contributed by atoms with van der Waals surface area (Å²) in [6.07, 6.45) is 0. The van der Waals surface area contributed by atoms with Gasteiger partial charge in [-0.15, -0.1) is 0 Å². The molecule has 0 radical (unpaired) electrons.